The zero-order valence-electron chi connectivity index (χ0n) is 25.3. The molecular formula is C36H44O4S2Se. The zero-order chi connectivity index (χ0) is 30.2. The number of benzene rings is 3. The molecule has 0 spiro atoms. The van der Waals surface area contributed by atoms with Crippen molar-refractivity contribution in [2.45, 2.75) is 96.5 Å². The first-order chi connectivity index (χ1) is 20.8. The maximum absolute atomic E-state index is 13.8. The summed E-state index contributed by atoms with van der Waals surface area (Å²) in [4.78, 5) is 16.2. The van der Waals surface area contributed by atoms with Crippen LogP contribution in [0.2, 0.25) is 4.31 Å². The second-order valence-electron chi connectivity index (χ2n) is 12.2. The van der Waals surface area contributed by atoms with Crippen LogP contribution in [0.3, 0.4) is 0 Å². The Morgan fingerprint density at radius 2 is 1.49 bits per heavy atom. The topological polar surface area (TPSA) is 55.8 Å². The van der Waals surface area contributed by atoms with Gasteiger partial charge < -0.3 is 0 Å². The molecule has 43 heavy (non-hydrogen) atoms. The normalized spacial score (nSPS) is 26.5. The molecule has 230 valence electrons. The maximum atomic E-state index is 13.8. The zero-order valence-corrected chi connectivity index (χ0v) is 28.7. The summed E-state index contributed by atoms with van der Waals surface area (Å²) in [5.74, 6) is 1.27. The van der Waals surface area contributed by atoms with Crippen molar-refractivity contribution >= 4 is 48.9 Å². The van der Waals surface area contributed by atoms with Crippen molar-refractivity contribution in [2.75, 3.05) is 0 Å². The van der Waals surface area contributed by atoms with Crippen LogP contribution >= 0.6 is 23.5 Å². The van der Waals surface area contributed by atoms with Crippen molar-refractivity contribution in [1.29, 1.82) is 0 Å². The van der Waals surface area contributed by atoms with Crippen LogP contribution in [-0.2, 0) is 14.3 Å². The second kappa shape index (κ2) is 15.5. The molecule has 1 aliphatic heterocycles. The van der Waals surface area contributed by atoms with Gasteiger partial charge in [-0.1, -0.05) is 0 Å². The average molecular weight is 684 g/mol. The Labute approximate surface area is 272 Å². The number of esters is 1. The van der Waals surface area contributed by atoms with Crippen LogP contribution in [0, 0.1) is 17.8 Å². The fourth-order valence-corrected chi connectivity index (χ4v) is 11.6. The summed E-state index contributed by atoms with van der Waals surface area (Å²) < 4.78 is 13.0. The molecule has 3 aromatic rings. The molecule has 0 aromatic heterocycles. The van der Waals surface area contributed by atoms with Gasteiger partial charge >= 0.3 is 274 Å². The van der Waals surface area contributed by atoms with Gasteiger partial charge in [0.1, 0.15) is 0 Å². The number of thioether (sulfide) groups is 2. The van der Waals surface area contributed by atoms with Crippen LogP contribution in [0.25, 0.3) is 0 Å². The number of ether oxygens (including phenoxy) is 2. The van der Waals surface area contributed by atoms with Crippen LogP contribution in [0.1, 0.15) is 59.3 Å². The Morgan fingerprint density at radius 3 is 2.07 bits per heavy atom. The summed E-state index contributed by atoms with van der Waals surface area (Å²) in [6.07, 6.45) is 3.66. The molecule has 1 N–H and O–H groups in total. The summed E-state index contributed by atoms with van der Waals surface area (Å²) in [6.45, 7) is 6.82. The molecule has 0 bridgehead atoms. The first-order valence-electron chi connectivity index (χ1n) is 15.5. The molecule has 6 atom stereocenters. The molecule has 0 amide bonds. The van der Waals surface area contributed by atoms with Gasteiger partial charge in [0.2, 0.25) is 0 Å². The number of cyclic esters (lactones) is 1. The molecule has 4 nitrogen and oxygen atoms in total. The SMILES string of the molecule is CC(C)[C@@H]1CC[C@@H](C)C[C@H]1O[C@H]1CC([Se]c2ccccc2)([C@H](O)CCC(Sc2ccccc2)Sc2ccccc2)C(=O)O1. The van der Waals surface area contributed by atoms with Gasteiger partial charge in [-0.15, -0.1) is 0 Å². The van der Waals surface area contributed by atoms with Crippen molar-refractivity contribution < 1.29 is 19.4 Å². The van der Waals surface area contributed by atoms with Crippen LogP contribution in [0.5, 0.6) is 0 Å². The van der Waals surface area contributed by atoms with Gasteiger partial charge in [0.25, 0.3) is 0 Å². The van der Waals surface area contributed by atoms with Crippen molar-refractivity contribution in [1.82, 2.24) is 0 Å². The number of hydrogen-bond acceptors (Lipinski definition) is 6. The summed E-state index contributed by atoms with van der Waals surface area (Å²) in [6, 6.07) is 31.0. The number of carbonyl (C=O) groups excluding carboxylic acids is 1. The third-order valence-electron chi connectivity index (χ3n) is 8.62. The summed E-state index contributed by atoms with van der Waals surface area (Å²) in [5.41, 5.74) is 0. The molecule has 2 aliphatic rings. The van der Waals surface area contributed by atoms with Crippen LogP contribution in [-0.4, -0.2) is 49.1 Å². The summed E-state index contributed by atoms with van der Waals surface area (Å²) >= 11 is 3.32. The molecule has 1 unspecified atom stereocenters. The molecule has 1 heterocycles. The monoisotopic (exact) mass is 684 g/mol. The fraction of sp³-hybridized carbons (Fsp3) is 0.472. The molecule has 1 saturated heterocycles. The first kappa shape index (κ1) is 32.7. The number of carbonyl (C=O) groups is 1. The van der Waals surface area contributed by atoms with E-state index in [4.69, 9.17) is 9.47 Å². The third kappa shape index (κ3) is 8.71. The van der Waals surface area contributed by atoms with Gasteiger partial charge in [-0.2, -0.15) is 0 Å². The van der Waals surface area contributed by atoms with Gasteiger partial charge in [0.05, 0.1) is 0 Å². The van der Waals surface area contributed by atoms with E-state index >= 15 is 0 Å². The Morgan fingerprint density at radius 1 is 0.907 bits per heavy atom. The molecular weight excluding hydrogens is 639 g/mol. The predicted octanol–water partition coefficient (Wildman–Crippen LogP) is 7.98. The summed E-state index contributed by atoms with van der Waals surface area (Å²) in [5, 5.41) is 12.0. The van der Waals surface area contributed by atoms with E-state index in [1.54, 1.807) is 0 Å². The summed E-state index contributed by atoms with van der Waals surface area (Å²) in [7, 11) is 0. The molecule has 2 fully saturated rings. The standard InChI is InChI=1S/C36H44O4S2Se/c1-25(2)30-20-19-26(3)23-31(30)39-33-24-36(35(38)40-33,43-29-17-11-6-12-18-29)32(37)21-22-34(41-27-13-7-4-8-14-27)42-28-15-9-5-10-16-28/h4-18,25-26,30-34,37H,19-24H2,1-3H3/t26-,30+,31-,32-,33-,36?/m1/s1. The van der Waals surface area contributed by atoms with E-state index in [2.05, 4.69) is 81.4 Å². The van der Waals surface area contributed by atoms with E-state index in [9.17, 15) is 9.90 Å². The first-order valence-corrected chi connectivity index (χ1v) is 19.0. The fourth-order valence-electron chi connectivity index (χ4n) is 6.23. The molecule has 7 heteroatoms. The van der Waals surface area contributed by atoms with Gasteiger partial charge in [0, 0.05) is 0 Å². The average Bonchev–Trinajstić information content (AvgIpc) is 3.32. The van der Waals surface area contributed by atoms with E-state index in [1.807, 2.05) is 53.9 Å². The molecule has 5 rings (SSSR count). The van der Waals surface area contributed by atoms with E-state index < -0.39 is 16.7 Å². The van der Waals surface area contributed by atoms with Crippen LogP contribution in [0.4, 0.5) is 0 Å². The Bertz CT molecular complexity index is 1240. The molecule has 1 aliphatic carbocycles. The van der Waals surface area contributed by atoms with Gasteiger partial charge in [-0.25, -0.2) is 0 Å². The number of hydrogen-bond donors (Lipinski definition) is 1. The molecule has 1 saturated carbocycles. The molecule has 0 radical (unpaired) electrons. The molecule has 3 aromatic carbocycles. The predicted molar refractivity (Wildman–Crippen MR) is 179 cm³/mol. The van der Waals surface area contributed by atoms with Crippen molar-refractivity contribution in [3.05, 3.63) is 91.0 Å². The number of aliphatic hydroxyl groups excluding tert-OH is 1. The van der Waals surface area contributed by atoms with Crippen molar-refractivity contribution in [3.63, 3.8) is 0 Å². The van der Waals surface area contributed by atoms with E-state index in [1.165, 1.54) is 16.2 Å². The second-order valence-corrected chi connectivity index (χ2v) is 18.0. The number of rotatable bonds is 13. The quantitative estimate of drug-likeness (QED) is 0.0854. The van der Waals surface area contributed by atoms with Gasteiger partial charge in [-0.3, -0.25) is 0 Å². The third-order valence-corrected chi connectivity index (χ3v) is 14.4. The Balaban J connectivity index is 1.34. The van der Waals surface area contributed by atoms with Crippen molar-refractivity contribution in [3.8, 4) is 0 Å². The Kier molecular flexibility index (Phi) is 11.8. The van der Waals surface area contributed by atoms with Crippen molar-refractivity contribution in [2.24, 2.45) is 17.8 Å². The minimum atomic E-state index is -0.980. The minimum absolute atomic E-state index is 0.0765. The van der Waals surface area contributed by atoms with Crippen LogP contribution < -0.4 is 4.46 Å². The van der Waals surface area contributed by atoms with Crippen LogP contribution in [0.15, 0.2) is 101 Å². The Hall–Kier alpha value is -1.73. The van der Waals surface area contributed by atoms with Gasteiger partial charge in [0.15, 0.2) is 0 Å². The number of aliphatic hydroxyl groups is 1. The van der Waals surface area contributed by atoms with E-state index in [0.29, 0.717) is 30.6 Å². The van der Waals surface area contributed by atoms with E-state index in [0.717, 1.165) is 23.7 Å². The van der Waals surface area contributed by atoms with Gasteiger partial charge in [-0.05, 0) is 0 Å². The van der Waals surface area contributed by atoms with E-state index in [-0.39, 0.29) is 31.6 Å².